The lowest BCUT2D eigenvalue weighted by Gasteiger charge is -2.20. The van der Waals surface area contributed by atoms with E-state index in [1.54, 1.807) is 23.5 Å². The molecule has 17 heavy (non-hydrogen) atoms. The monoisotopic (exact) mass is 397 g/mol. The van der Waals surface area contributed by atoms with Crippen molar-refractivity contribution in [2.24, 2.45) is 0 Å². The zero-order valence-electron chi connectivity index (χ0n) is 9.23. The van der Waals surface area contributed by atoms with Gasteiger partial charge in [-0.2, -0.15) is 0 Å². The molecule has 1 aliphatic heterocycles. The maximum Gasteiger partial charge on any atom is 0.247 e. The summed E-state index contributed by atoms with van der Waals surface area (Å²) in [6, 6.07) is 6.06. The first-order chi connectivity index (χ1) is 8.16. The lowest BCUT2D eigenvalue weighted by atomic mass is 10.2. The maximum absolute atomic E-state index is 12.0. The highest BCUT2D eigenvalue weighted by Gasteiger charge is 2.22. The molecule has 92 valence electrons. The van der Waals surface area contributed by atoms with Gasteiger partial charge < -0.3 is 5.32 Å². The molecule has 0 bridgehead atoms. The number of hydrogen-bond donors (Lipinski definition) is 1. The van der Waals surface area contributed by atoms with Crippen LogP contribution >= 0.6 is 57.9 Å². The van der Waals surface area contributed by atoms with E-state index in [1.165, 1.54) is 3.57 Å². The van der Waals surface area contributed by atoms with Crippen molar-refractivity contribution in [1.29, 1.82) is 0 Å². The van der Waals surface area contributed by atoms with Gasteiger partial charge in [0, 0.05) is 19.4 Å². The Morgan fingerprint density at radius 3 is 2.76 bits per heavy atom. The van der Waals surface area contributed by atoms with Crippen molar-refractivity contribution in [2.75, 3.05) is 15.5 Å². The fourth-order valence-electron chi connectivity index (χ4n) is 1.41. The Kier molecular flexibility index (Phi) is 5.38. The Balaban J connectivity index is 2.02. The van der Waals surface area contributed by atoms with Crippen LogP contribution in [0.3, 0.4) is 0 Å². The van der Waals surface area contributed by atoms with Crippen molar-refractivity contribution in [3.8, 4) is 0 Å². The number of carbonyl (C=O) groups excluding carboxylic acids is 1. The average Bonchev–Trinajstić information content (AvgIpc) is 2.34. The van der Waals surface area contributed by atoms with Crippen molar-refractivity contribution >= 4 is 69.5 Å². The molecule has 0 spiro atoms. The van der Waals surface area contributed by atoms with Gasteiger partial charge >= 0.3 is 0 Å². The zero-order chi connectivity index (χ0) is 12.3. The third-order valence-electron chi connectivity index (χ3n) is 2.27. The number of carbonyl (C=O) groups is 1. The van der Waals surface area contributed by atoms with Gasteiger partial charge in [0.1, 0.15) is 4.58 Å². The van der Waals surface area contributed by atoms with E-state index in [-0.39, 0.29) is 10.5 Å². The molecule has 0 saturated carbocycles. The molecule has 1 aromatic carbocycles. The third kappa shape index (κ3) is 3.97. The van der Waals surface area contributed by atoms with E-state index in [4.69, 9.17) is 0 Å². The molecule has 1 aromatic rings. The Morgan fingerprint density at radius 1 is 1.41 bits per heavy atom. The van der Waals surface area contributed by atoms with E-state index >= 15 is 0 Å². The molecular weight excluding hydrogens is 385 g/mol. The van der Waals surface area contributed by atoms with Crippen LogP contribution in [-0.4, -0.2) is 20.7 Å². The normalized spacial score (nSPS) is 16.8. The summed E-state index contributed by atoms with van der Waals surface area (Å²) in [5, 5.41) is 5.04. The predicted molar refractivity (Wildman–Crippen MR) is 88.8 cm³/mol. The van der Waals surface area contributed by atoms with Crippen molar-refractivity contribution in [1.82, 2.24) is 0 Å². The van der Waals surface area contributed by atoms with Gasteiger partial charge in [0.2, 0.25) is 5.91 Å². The number of amides is 1. The van der Waals surface area contributed by atoms with Crippen LogP contribution in [0.5, 0.6) is 0 Å². The molecule has 0 unspecified atom stereocenters. The van der Waals surface area contributed by atoms with Gasteiger partial charge in [-0.15, -0.1) is 35.3 Å². The van der Waals surface area contributed by atoms with Crippen molar-refractivity contribution in [3.63, 3.8) is 0 Å². The quantitative estimate of drug-likeness (QED) is 0.765. The summed E-state index contributed by atoms with van der Waals surface area (Å²) in [5.41, 5.74) is 2.04. The van der Waals surface area contributed by atoms with Crippen molar-refractivity contribution in [3.05, 3.63) is 27.3 Å². The van der Waals surface area contributed by atoms with E-state index in [1.807, 2.05) is 30.8 Å². The minimum atomic E-state index is 0.0370. The molecule has 1 amide bonds. The zero-order valence-corrected chi connectivity index (χ0v) is 13.8. The van der Waals surface area contributed by atoms with Crippen LogP contribution in [0, 0.1) is 10.5 Å². The van der Waals surface area contributed by atoms with Gasteiger partial charge in [-0.05, 0) is 53.3 Å². The van der Waals surface area contributed by atoms with E-state index in [0.29, 0.717) is 0 Å². The molecule has 0 aromatic heterocycles. The number of rotatable bonds is 2. The van der Waals surface area contributed by atoms with Crippen molar-refractivity contribution in [2.45, 2.75) is 11.5 Å². The topological polar surface area (TPSA) is 29.1 Å². The second kappa shape index (κ2) is 6.58. The van der Waals surface area contributed by atoms with E-state index in [2.05, 4.69) is 34.0 Å². The summed E-state index contributed by atoms with van der Waals surface area (Å²) in [6.07, 6.45) is 0. The average molecular weight is 397 g/mol. The number of aryl methyl sites for hydroxylation is 1. The van der Waals surface area contributed by atoms with Crippen LogP contribution in [0.25, 0.3) is 0 Å². The summed E-state index contributed by atoms with van der Waals surface area (Å²) in [5.74, 6) is 0.115. The fraction of sp³-hybridized carbons (Fsp3) is 0.364. The lowest BCUT2D eigenvalue weighted by molar-refractivity contribution is -0.114. The Morgan fingerprint density at radius 2 is 2.12 bits per heavy atom. The Bertz CT molecular complexity index is 421. The van der Waals surface area contributed by atoms with Gasteiger partial charge in [0.15, 0.2) is 0 Å². The number of hydrogen-bond acceptors (Lipinski definition) is 4. The molecule has 6 heteroatoms. The van der Waals surface area contributed by atoms with Crippen LogP contribution in [-0.2, 0) is 4.79 Å². The Labute approximate surface area is 128 Å². The van der Waals surface area contributed by atoms with Gasteiger partial charge in [-0.3, -0.25) is 4.79 Å². The lowest BCUT2D eigenvalue weighted by Crippen LogP contribution is -2.24. The highest BCUT2D eigenvalue weighted by Crippen LogP contribution is 2.36. The standard InChI is InChI=1S/C11H12INOS3/c1-7-4-8(12)2-3-9(7)13-10(14)11-16-5-15-6-17-11/h2-4,11H,5-6H2,1H3,(H,13,14). The first-order valence-electron chi connectivity index (χ1n) is 5.05. The largest absolute Gasteiger partial charge is 0.324 e. The number of anilines is 1. The van der Waals surface area contributed by atoms with E-state index in [9.17, 15) is 4.79 Å². The minimum Gasteiger partial charge on any atom is -0.324 e. The number of thioether (sulfide) groups is 3. The third-order valence-corrected chi connectivity index (χ3v) is 7.21. The number of nitrogens with one attached hydrogen (secondary N) is 1. The maximum atomic E-state index is 12.0. The van der Waals surface area contributed by atoms with E-state index in [0.717, 1.165) is 21.4 Å². The first kappa shape index (κ1) is 13.9. The van der Waals surface area contributed by atoms with Gasteiger partial charge in [-0.1, -0.05) is 0 Å². The van der Waals surface area contributed by atoms with Crippen molar-refractivity contribution < 1.29 is 4.79 Å². The highest BCUT2D eigenvalue weighted by atomic mass is 127. The van der Waals surface area contributed by atoms with Crippen LogP contribution in [0.2, 0.25) is 0 Å². The molecule has 2 nitrogen and oxygen atoms in total. The second-order valence-corrected chi connectivity index (χ2v) is 9.00. The molecule has 1 heterocycles. The summed E-state index contributed by atoms with van der Waals surface area (Å²) in [7, 11) is 0. The van der Waals surface area contributed by atoms with Gasteiger partial charge in [-0.25, -0.2) is 0 Å². The molecule has 2 rings (SSSR count). The Hall–Kier alpha value is 0.470. The summed E-state index contributed by atoms with van der Waals surface area (Å²) in [4.78, 5) is 12.0. The highest BCUT2D eigenvalue weighted by molar-refractivity contribution is 14.1. The number of benzene rings is 1. The van der Waals surface area contributed by atoms with Crippen LogP contribution in [0.15, 0.2) is 18.2 Å². The molecule has 1 fully saturated rings. The molecule has 1 saturated heterocycles. The minimum absolute atomic E-state index is 0.0370. The summed E-state index contributed by atoms with van der Waals surface area (Å²) in [6.45, 7) is 2.02. The summed E-state index contributed by atoms with van der Waals surface area (Å²) < 4.78 is 1.23. The summed E-state index contributed by atoms with van der Waals surface area (Å²) >= 11 is 7.57. The van der Waals surface area contributed by atoms with Crippen LogP contribution in [0.4, 0.5) is 5.69 Å². The second-order valence-electron chi connectivity index (χ2n) is 3.55. The molecule has 0 aliphatic carbocycles. The van der Waals surface area contributed by atoms with Crippen LogP contribution in [0.1, 0.15) is 5.56 Å². The smallest absolute Gasteiger partial charge is 0.247 e. The molecule has 1 N–H and O–H groups in total. The van der Waals surface area contributed by atoms with Gasteiger partial charge in [0.05, 0.1) is 0 Å². The SMILES string of the molecule is Cc1cc(I)ccc1NC(=O)C1SCSCS1. The number of halogens is 1. The predicted octanol–water partition coefficient (Wildman–Crippen LogP) is 3.99. The fourth-order valence-corrected chi connectivity index (χ4v) is 6.51. The first-order valence-corrected chi connectivity index (χ1v) is 9.38. The van der Waals surface area contributed by atoms with Gasteiger partial charge in [0.25, 0.3) is 0 Å². The molecule has 0 radical (unpaired) electrons. The van der Waals surface area contributed by atoms with Crippen LogP contribution < -0.4 is 5.32 Å². The van der Waals surface area contributed by atoms with E-state index < -0.39 is 0 Å². The molecule has 1 aliphatic rings. The molecular formula is C11H12INOS3. The molecule has 0 atom stereocenters.